The molecule has 17 heavy (non-hydrogen) atoms. The number of likely N-dealkylation sites (N-methyl/N-ethyl adjacent to an activating group) is 1. The fourth-order valence-electron chi connectivity index (χ4n) is 1.53. The first kappa shape index (κ1) is 13.2. The van der Waals surface area contributed by atoms with Crippen LogP contribution in [0.4, 0.5) is 0 Å². The van der Waals surface area contributed by atoms with Gasteiger partial charge in [-0.05, 0) is 13.8 Å². The summed E-state index contributed by atoms with van der Waals surface area (Å²) in [4.78, 5) is 36.6. The van der Waals surface area contributed by atoms with Crippen molar-refractivity contribution in [1.82, 2.24) is 9.80 Å². The van der Waals surface area contributed by atoms with Gasteiger partial charge in [0.25, 0.3) is 0 Å². The van der Waals surface area contributed by atoms with E-state index >= 15 is 0 Å². The predicted octanol–water partition coefficient (Wildman–Crippen LogP) is -0.292. The summed E-state index contributed by atoms with van der Waals surface area (Å²) < 4.78 is 0. The normalized spacial score (nSPS) is 17.6. The van der Waals surface area contributed by atoms with Crippen molar-refractivity contribution in [1.29, 1.82) is 0 Å². The van der Waals surface area contributed by atoms with E-state index in [-0.39, 0.29) is 12.1 Å². The molecule has 1 fully saturated rings. The van der Waals surface area contributed by atoms with E-state index in [1.807, 2.05) is 6.92 Å². The molecule has 0 spiro atoms. The highest BCUT2D eigenvalue weighted by atomic mass is 16.4. The molecule has 0 radical (unpaired) electrons. The van der Waals surface area contributed by atoms with Crippen LogP contribution in [0, 0.1) is 0 Å². The predicted molar refractivity (Wildman–Crippen MR) is 60.2 cm³/mol. The topological polar surface area (TPSA) is 77.9 Å². The van der Waals surface area contributed by atoms with Gasteiger partial charge in [-0.1, -0.05) is 6.08 Å². The van der Waals surface area contributed by atoms with Gasteiger partial charge in [-0.3, -0.25) is 9.59 Å². The lowest BCUT2D eigenvalue weighted by Gasteiger charge is -2.32. The summed E-state index contributed by atoms with van der Waals surface area (Å²) in [6.07, 6.45) is 1.44. The molecule has 0 aromatic heterocycles. The number of nitrogens with zero attached hydrogens (tertiary/aromatic N) is 2. The summed E-state index contributed by atoms with van der Waals surface area (Å²) in [7, 11) is 0. The van der Waals surface area contributed by atoms with Gasteiger partial charge < -0.3 is 14.9 Å². The molecule has 0 aromatic carbocycles. The SMILES string of the molecule is CCN1CCN(CC=C(C)C(=O)O)C(=O)C1=O. The first-order valence-electron chi connectivity index (χ1n) is 5.45. The van der Waals surface area contributed by atoms with Crippen LogP contribution in [0.25, 0.3) is 0 Å². The van der Waals surface area contributed by atoms with Crippen molar-refractivity contribution in [2.45, 2.75) is 13.8 Å². The largest absolute Gasteiger partial charge is 0.478 e. The molecule has 1 saturated heterocycles. The minimum atomic E-state index is -1.02. The van der Waals surface area contributed by atoms with Crippen molar-refractivity contribution in [3.05, 3.63) is 11.6 Å². The molecule has 1 N–H and O–H groups in total. The molecular formula is C11H16N2O4. The summed E-state index contributed by atoms with van der Waals surface area (Å²) in [6, 6.07) is 0. The zero-order chi connectivity index (χ0) is 13.0. The quantitative estimate of drug-likeness (QED) is 0.541. The van der Waals surface area contributed by atoms with Gasteiger partial charge in [0.2, 0.25) is 0 Å². The number of carboxylic acids is 1. The number of hydrogen-bond acceptors (Lipinski definition) is 3. The minimum absolute atomic E-state index is 0.167. The van der Waals surface area contributed by atoms with E-state index in [9.17, 15) is 14.4 Å². The number of carbonyl (C=O) groups is 3. The Labute approximate surface area is 99.5 Å². The fourth-order valence-corrected chi connectivity index (χ4v) is 1.53. The number of aliphatic carboxylic acids is 1. The maximum absolute atomic E-state index is 11.6. The van der Waals surface area contributed by atoms with Gasteiger partial charge in [-0.25, -0.2) is 4.79 Å². The van der Waals surface area contributed by atoms with Crippen molar-refractivity contribution >= 4 is 17.8 Å². The van der Waals surface area contributed by atoms with Crippen LogP contribution >= 0.6 is 0 Å². The van der Waals surface area contributed by atoms with Crippen LogP contribution < -0.4 is 0 Å². The first-order valence-corrected chi connectivity index (χ1v) is 5.45. The standard InChI is InChI=1S/C11H16N2O4/c1-3-12-6-7-13(10(15)9(12)14)5-4-8(2)11(16)17/h4H,3,5-7H2,1-2H3,(H,16,17). The van der Waals surface area contributed by atoms with E-state index in [1.54, 1.807) is 0 Å². The molecule has 6 heteroatoms. The Morgan fingerprint density at radius 2 is 1.82 bits per heavy atom. The van der Waals surface area contributed by atoms with Crippen LogP contribution in [0.5, 0.6) is 0 Å². The molecule has 6 nitrogen and oxygen atoms in total. The van der Waals surface area contributed by atoms with E-state index in [4.69, 9.17) is 5.11 Å². The molecule has 1 aliphatic heterocycles. The van der Waals surface area contributed by atoms with E-state index in [2.05, 4.69) is 0 Å². The Kier molecular flexibility index (Phi) is 4.25. The molecule has 0 aliphatic carbocycles. The minimum Gasteiger partial charge on any atom is -0.478 e. The number of amides is 2. The summed E-state index contributed by atoms with van der Waals surface area (Å²) in [5, 5.41) is 8.66. The van der Waals surface area contributed by atoms with Crippen LogP contribution in [-0.4, -0.2) is 58.9 Å². The Morgan fingerprint density at radius 1 is 1.29 bits per heavy atom. The fraction of sp³-hybridized carbons (Fsp3) is 0.545. The highest BCUT2D eigenvalue weighted by Crippen LogP contribution is 2.05. The molecule has 94 valence electrons. The maximum Gasteiger partial charge on any atom is 0.331 e. The monoisotopic (exact) mass is 240 g/mol. The average Bonchev–Trinajstić information content (AvgIpc) is 2.30. The molecule has 0 bridgehead atoms. The zero-order valence-electron chi connectivity index (χ0n) is 9.97. The van der Waals surface area contributed by atoms with Gasteiger partial charge in [-0.2, -0.15) is 0 Å². The molecule has 0 atom stereocenters. The molecular weight excluding hydrogens is 224 g/mol. The second kappa shape index (κ2) is 5.47. The number of piperazine rings is 1. The smallest absolute Gasteiger partial charge is 0.331 e. The van der Waals surface area contributed by atoms with Crippen LogP contribution in [0.15, 0.2) is 11.6 Å². The van der Waals surface area contributed by atoms with Crippen molar-refractivity contribution in [3.8, 4) is 0 Å². The van der Waals surface area contributed by atoms with Gasteiger partial charge in [0.15, 0.2) is 0 Å². The van der Waals surface area contributed by atoms with Crippen molar-refractivity contribution < 1.29 is 19.5 Å². The highest BCUT2D eigenvalue weighted by Gasteiger charge is 2.30. The number of carbonyl (C=O) groups excluding carboxylic acids is 2. The molecule has 0 unspecified atom stereocenters. The molecule has 0 saturated carbocycles. The van der Waals surface area contributed by atoms with E-state index < -0.39 is 17.8 Å². The maximum atomic E-state index is 11.6. The second-order valence-electron chi connectivity index (χ2n) is 3.83. The molecule has 1 aliphatic rings. The lowest BCUT2D eigenvalue weighted by atomic mass is 10.2. The third kappa shape index (κ3) is 3.05. The lowest BCUT2D eigenvalue weighted by Crippen LogP contribution is -2.54. The van der Waals surface area contributed by atoms with Gasteiger partial charge in [0.1, 0.15) is 0 Å². The van der Waals surface area contributed by atoms with Gasteiger partial charge in [0, 0.05) is 31.8 Å². The summed E-state index contributed by atoms with van der Waals surface area (Å²) >= 11 is 0. The third-order valence-electron chi connectivity index (χ3n) is 2.73. The Hall–Kier alpha value is -1.85. The number of rotatable bonds is 4. The summed E-state index contributed by atoms with van der Waals surface area (Å²) in [6.45, 7) is 4.90. The molecule has 1 heterocycles. The Bertz CT molecular complexity index is 376. The lowest BCUT2D eigenvalue weighted by molar-refractivity contribution is -0.155. The van der Waals surface area contributed by atoms with E-state index in [1.165, 1.54) is 22.8 Å². The van der Waals surface area contributed by atoms with E-state index in [0.29, 0.717) is 19.6 Å². The van der Waals surface area contributed by atoms with Crippen LogP contribution in [0.1, 0.15) is 13.8 Å². The van der Waals surface area contributed by atoms with Crippen molar-refractivity contribution in [2.24, 2.45) is 0 Å². The van der Waals surface area contributed by atoms with Crippen LogP contribution in [0.3, 0.4) is 0 Å². The van der Waals surface area contributed by atoms with Gasteiger partial charge in [0.05, 0.1) is 0 Å². The number of hydrogen-bond donors (Lipinski definition) is 1. The zero-order valence-corrected chi connectivity index (χ0v) is 9.97. The summed E-state index contributed by atoms with van der Waals surface area (Å²) in [5.41, 5.74) is 0.170. The third-order valence-corrected chi connectivity index (χ3v) is 2.73. The molecule has 1 rings (SSSR count). The number of carboxylic acid groups (broad SMARTS) is 1. The van der Waals surface area contributed by atoms with Crippen LogP contribution in [0.2, 0.25) is 0 Å². The van der Waals surface area contributed by atoms with E-state index in [0.717, 1.165) is 0 Å². The Balaban J connectivity index is 2.64. The van der Waals surface area contributed by atoms with Crippen molar-refractivity contribution in [2.75, 3.05) is 26.2 Å². The van der Waals surface area contributed by atoms with Gasteiger partial charge in [-0.15, -0.1) is 0 Å². The second-order valence-corrected chi connectivity index (χ2v) is 3.83. The average molecular weight is 240 g/mol. The Morgan fingerprint density at radius 3 is 2.35 bits per heavy atom. The molecule has 0 aromatic rings. The highest BCUT2D eigenvalue weighted by molar-refractivity contribution is 6.35. The first-order chi connectivity index (χ1) is 7.97. The van der Waals surface area contributed by atoms with Crippen molar-refractivity contribution in [3.63, 3.8) is 0 Å². The van der Waals surface area contributed by atoms with Gasteiger partial charge >= 0.3 is 17.8 Å². The molecule has 2 amide bonds. The summed E-state index contributed by atoms with van der Waals surface area (Å²) in [5.74, 6) is -2.09. The van der Waals surface area contributed by atoms with Crippen LogP contribution in [-0.2, 0) is 14.4 Å².